The maximum Gasteiger partial charge on any atom is 0.323 e. The number of esters is 2. The summed E-state index contributed by atoms with van der Waals surface area (Å²) in [5, 5.41) is 32.1. The Morgan fingerprint density at radius 1 is 1.30 bits per heavy atom. The molecule has 1 aliphatic carbocycles. The van der Waals surface area contributed by atoms with Crippen molar-refractivity contribution in [1.82, 2.24) is 10.3 Å². The van der Waals surface area contributed by atoms with E-state index in [0.29, 0.717) is 6.61 Å². The van der Waals surface area contributed by atoms with Crippen LogP contribution in [0.1, 0.15) is 97.4 Å². The van der Waals surface area contributed by atoms with Crippen LogP contribution in [0.5, 0.6) is 0 Å². The van der Waals surface area contributed by atoms with Gasteiger partial charge in [-0.05, 0) is 57.1 Å². The normalized spacial score (nSPS) is 24.4. The molecule has 3 rings (SSSR count). The van der Waals surface area contributed by atoms with E-state index in [1.165, 1.54) is 12.1 Å². The number of hydrogen-bond acceptors (Lipinski definition) is 11. The first-order valence-electron chi connectivity index (χ1n) is 16.4. The molecule has 1 aromatic heterocycles. The van der Waals surface area contributed by atoms with E-state index in [1.807, 2.05) is 13.0 Å². The zero-order valence-electron chi connectivity index (χ0n) is 28.0. The minimum atomic E-state index is -2.10. The molecule has 2 aliphatic rings. The highest BCUT2D eigenvalue weighted by Crippen LogP contribution is 2.41. The highest BCUT2D eigenvalue weighted by Gasteiger charge is 2.59. The molecule has 6 N–H and O–H groups in total. The summed E-state index contributed by atoms with van der Waals surface area (Å²) in [7, 11) is 0. The lowest BCUT2D eigenvalue weighted by Gasteiger charge is -2.25. The number of nitrogens with zero attached hydrogens (tertiary/aromatic N) is 2. The van der Waals surface area contributed by atoms with E-state index in [9.17, 15) is 24.8 Å². The Kier molecular flexibility index (Phi) is 13.6. The Bertz CT molecular complexity index is 1310. The van der Waals surface area contributed by atoms with Crippen LogP contribution in [-0.2, 0) is 38.9 Å². The number of unbranched alkanes of at least 4 members (excludes halogenated alkanes) is 1. The smallest absolute Gasteiger partial charge is 0.323 e. The number of aromatic amines is 1. The maximum atomic E-state index is 13.1. The number of amides is 1. The number of aromatic nitrogens is 1. The second-order valence-corrected chi connectivity index (χ2v) is 13.1. The molecule has 0 bridgehead atoms. The van der Waals surface area contributed by atoms with Gasteiger partial charge in [-0.2, -0.15) is 5.26 Å². The van der Waals surface area contributed by atoms with Crippen LogP contribution in [-0.4, -0.2) is 83.3 Å². The van der Waals surface area contributed by atoms with Crippen molar-refractivity contribution in [3.8, 4) is 6.07 Å². The molecule has 1 aliphatic heterocycles. The predicted octanol–water partition coefficient (Wildman–Crippen LogP) is 2.97. The third-order valence-corrected chi connectivity index (χ3v) is 8.70. The molecule has 47 heavy (non-hydrogen) atoms. The molecule has 1 saturated carbocycles. The molecule has 5 atom stereocenters. The molecule has 2 heterocycles. The van der Waals surface area contributed by atoms with Gasteiger partial charge < -0.3 is 40.1 Å². The van der Waals surface area contributed by atoms with Crippen LogP contribution >= 0.6 is 0 Å². The van der Waals surface area contributed by atoms with Gasteiger partial charge in [0.25, 0.3) is 5.91 Å². The quantitative estimate of drug-likeness (QED) is 0.0802. The maximum absolute atomic E-state index is 13.1. The molecular weight excluding hydrogens is 608 g/mol. The van der Waals surface area contributed by atoms with Gasteiger partial charge in [-0.15, -0.1) is 0 Å². The van der Waals surface area contributed by atoms with E-state index in [-0.39, 0.29) is 42.1 Å². The van der Waals surface area contributed by atoms with Crippen molar-refractivity contribution >= 4 is 30.0 Å². The van der Waals surface area contributed by atoms with Gasteiger partial charge in [-0.1, -0.05) is 46.5 Å². The molecule has 0 spiro atoms. The predicted molar refractivity (Wildman–Crippen MR) is 172 cm³/mol. The van der Waals surface area contributed by atoms with Gasteiger partial charge in [-0.25, -0.2) is 4.99 Å². The molecule has 1 saturated heterocycles. The Balaban J connectivity index is 1.86. The third-order valence-electron chi connectivity index (χ3n) is 8.70. The number of ether oxygens (including phenoxy) is 4. The first-order chi connectivity index (χ1) is 22.3. The van der Waals surface area contributed by atoms with E-state index >= 15 is 0 Å². The Hall–Kier alpha value is -3.64. The van der Waals surface area contributed by atoms with Crippen molar-refractivity contribution < 1.29 is 38.4 Å². The number of hydrogen-bond donors (Lipinski definition) is 5. The van der Waals surface area contributed by atoms with E-state index in [4.69, 9.17) is 30.1 Å². The minimum Gasteiger partial charge on any atom is -0.463 e. The number of nitrogens with two attached hydrogens (primary N) is 1. The van der Waals surface area contributed by atoms with Crippen LogP contribution in [0, 0.1) is 28.6 Å². The fourth-order valence-electron chi connectivity index (χ4n) is 5.58. The Labute approximate surface area is 276 Å². The lowest BCUT2D eigenvalue weighted by molar-refractivity contribution is -0.162. The molecule has 2 fully saturated rings. The molecule has 14 heteroatoms. The molecule has 14 nitrogen and oxygen atoms in total. The van der Waals surface area contributed by atoms with Gasteiger partial charge in [-0.3, -0.25) is 19.8 Å². The van der Waals surface area contributed by atoms with Crippen LogP contribution in [0.2, 0.25) is 0 Å². The summed E-state index contributed by atoms with van der Waals surface area (Å²) in [6, 6.07) is 3.93. The average Bonchev–Trinajstić information content (AvgIpc) is 3.63. The average molecular weight is 659 g/mol. The van der Waals surface area contributed by atoms with Crippen LogP contribution in [0.15, 0.2) is 17.1 Å². The lowest BCUT2D eigenvalue weighted by Crippen LogP contribution is -2.47. The van der Waals surface area contributed by atoms with Gasteiger partial charge in [0.1, 0.15) is 42.9 Å². The summed E-state index contributed by atoms with van der Waals surface area (Å²) in [5.74, 6) is -1.85. The summed E-state index contributed by atoms with van der Waals surface area (Å²) in [4.78, 5) is 45.6. The van der Waals surface area contributed by atoms with Gasteiger partial charge in [0.15, 0.2) is 11.9 Å². The molecule has 1 aromatic rings. The number of carbonyl (C=O) groups is 3. The van der Waals surface area contributed by atoms with Crippen molar-refractivity contribution in [3.05, 3.63) is 23.5 Å². The molecule has 0 unspecified atom stereocenters. The second-order valence-electron chi connectivity index (χ2n) is 13.1. The van der Waals surface area contributed by atoms with E-state index in [0.717, 1.165) is 51.3 Å². The number of aliphatic hydroxyl groups excluding tert-OH is 1. The van der Waals surface area contributed by atoms with Crippen LogP contribution in [0.4, 0.5) is 0 Å². The summed E-state index contributed by atoms with van der Waals surface area (Å²) in [6.45, 7) is 8.71. The van der Waals surface area contributed by atoms with Crippen molar-refractivity contribution in [3.63, 3.8) is 0 Å². The number of amidine groups is 1. The topological polar surface area (TPSA) is 222 Å². The SMILES string of the molecule is CCCCOC(C)(C)C(=O)N/C(=N/C=N)c1ccc([C@]2(C#N)O[C@H](COC(=O)CC3CCCCC3)[C@@H](OC(=O)[C@@H](N)C(C)C)[C@H]2O)[nH]1. The summed E-state index contributed by atoms with van der Waals surface area (Å²) >= 11 is 0. The number of nitriles is 1. The van der Waals surface area contributed by atoms with E-state index in [2.05, 4.69) is 15.3 Å². The summed E-state index contributed by atoms with van der Waals surface area (Å²) < 4.78 is 23.0. The van der Waals surface area contributed by atoms with Gasteiger partial charge in [0.2, 0.25) is 5.60 Å². The van der Waals surface area contributed by atoms with Crippen molar-refractivity contribution in [1.29, 1.82) is 10.7 Å². The first-order valence-corrected chi connectivity index (χ1v) is 16.4. The van der Waals surface area contributed by atoms with Crippen molar-refractivity contribution in [2.24, 2.45) is 22.6 Å². The van der Waals surface area contributed by atoms with Crippen molar-refractivity contribution in [2.75, 3.05) is 13.2 Å². The second kappa shape index (κ2) is 17.0. The largest absolute Gasteiger partial charge is 0.463 e. The van der Waals surface area contributed by atoms with Crippen LogP contribution in [0.3, 0.4) is 0 Å². The lowest BCUT2D eigenvalue weighted by atomic mass is 9.87. The van der Waals surface area contributed by atoms with Crippen LogP contribution in [0.25, 0.3) is 0 Å². The fourth-order valence-corrected chi connectivity index (χ4v) is 5.58. The fraction of sp³-hybridized carbons (Fsp3) is 0.697. The zero-order chi connectivity index (χ0) is 34.8. The third kappa shape index (κ3) is 9.47. The zero-order valence-corrected chi connectivity index (χ0v) is 28.0. The van der Waals surface area contributed by atoms with Crippen LogP contribution < -0.4 is 11.1 Å². The number of nitrogens with one attached hydrogen (secondary N) is 3. The minimum absolute atomic E-state index is 0.0388. The summed E-state index contributed by atoms with van der Waals surface area (Å²) in [6.07, 6.45) is 3.48. The van der Waals surface area contributed by atoms with Gasteiger partial charge in [0.05, 0.1) is 11.4 Å². The molecular formula is C33H50N6O8. The van der Waals surface area contributed by atoms with E-state index in [1.54, 1.807) is 27.7 Å². The monoisotopic (exact) mass is 658 g/mol. The number of aliphatic imine (C=N–C) groups is 1. The highest BCUT2D eigenvalue weighted by molar-refractivity contribution is 6.10. The number of H-pyrrole nitrogens is 1. The number of rotatable bonds is 15. The first kappa shape index (κ1) is 37.8. The van der Waals surface area contributed by atoms with E-state index < -0.39 is 53.4 Å². The number of aliphatic hydroxyl groups is 1. The number of carbonyl (C=O) groups excluding carboxylic acids is 3. The molecule has 1 amide bonds. The Morgan fingerprint density at radius 3 is 2.62 bits per heavy atom. The standard InChI is InChI=1S/C33H50N6O8/c1-6-7-15-45-32(4,5)31(43)39-29(37-19-35)22-13-14-24(38-22)33(18-34)28(41)27(46-30(42)26(36)20(2)3)23(47-33)17-44-25(40)16-21-11-9-8-10-12-21/h13-14,19-21,23,26-28,38,41H,6-12,15-17,36H2,1-5H3,(H2,35,37,39,43)/t23-,26+,27-,28-,33+/m1/s1. The summed E-state index contributed by atoms with van der Waals surface area (Å²) in [5.41, 5.74) is 2.95. The molecule has 0 aromatic carbocycles. The van der Waals surface area contributed by atoms with Gasteiger partial charge >= 0.3 is 11.9 Å². The Morgan fingerprint density at radius 2 is 2.00 bits per heavy atom. The van der Waals surface area contributed by atoms with Crippen molar-refractivity contribution in [2.45, 2.75) is 122 Å². The molecule has 0 radical (unpaired) electrons. The highest BCUT2D eigenvalue weighted by atomic mass is 16.6. The molecule has 260 valence electrons. The van der Waals surface area contributed by atoms with Gasteiger partial charge in [0, 0.05) is 13.0 Å².